The number of amides is 1. The number of methoxy groups -OCH3 is 1. The van der Waals surface area contributed by atoms with Crippen molar-refractivity contribution < 1.29 is 9.53 Å². The van der Waals surface area contributed by atoms with Crippen LogP contribution in [0.3, 0.4) is 0 Å². The van der Waals surface area contributed by atoms with Gasteiger partial charge in [0.15, 0.2) is 0 Å². The van der Waals surface area contributed by atoms with Crippen molar-refractivity contribution in [2.24, 2.45) is 0 Å². The van der Waals surface area contributed by atoms with Gasteiger partial charge in [0, 0.05) is 13.6 Å². The van der Waals surface area contributed by atoms with Gasteiger partial charge < -0.3 is 9.64 Å². The predicted molar refractivity (Wildman–Crippen MR) is 74.0 cm³/mol. The van der Waals surface area contributed by atoms with Crippen molar-refractivity contribution in [1.29, 1.82) is 5.26 Å². The van der Waals surface area contributed by atoms with E-state index < -0.39 is 0 Å². The number of aryl methyl sites for hydroxylation is 2. The summed E-state index contributed by atoms with van der Waals surface area (Å²) in [6, 6.07) is 5.98. The maximum Gasteiger partial charge on any atom is 0.236 e. The molecule has 0 atom stereocenters. The molecule has 0 bridgehead atoms. The number of rotatable bonds is 5. The van der Waals surface area contributed by atoms with E-state index in [1.165, 1.54) is 5.56 Å². The summed E-state index contributed by atoms with van der Waals surface area (Å²) >= 11 is 0. The van der Waals surface area contributed by atoms with Crippen LogP contribution in [0.25, 0.3) is 0 Å². The Kier molecular flexibility index (Phi) is 5.37. The van der Waals surface area contributed by atoms with Crippen molar-refractivity contribution >= 4 is 5.91 Å². The van der Waals surface area contributed by atoms with E-state index in [1.54, 1.807) is 19.1 Å². The minimum atomic E-state index is -0.134. The Hall–Kier alpha value is -2.02. The lowest BCUT2D eigenvalue weighted by Crippen LogP contribution is -2.28. The first-order valence-electron chi connectivity index (χ1n) is 6.24. The summed E-state index contributed by atoms with van der Waals surface area (Å²) in [5, 5.41) is 8.50. The molecule has 0 aliphatic heterocycles. The lowest BCUT2D eigenvalue weighted by atomic mass is 10.0. The number of nitriles is 1. The smallest absolute Gasteiger partial charge is 0.236 e. The molecule has 19 heavy (non-hydrogen) atoms. The maximum atomic E-state index is 11.5. The van der Waals surface area contributed by atoms with Crippen molar-refractivity contribution in [1.82, 2.24) is 4.90 Å². The van der Waals surface area contributed by atoms with Gasteiger partial charge in [-0.2, -0.15) is 5.26 Å². The monoisotopic (exact) mass is 260 g/mol. The van der Waals surface area contributed by atoms with Gasteiger partial charge in [-0.05, 0) is 43.0 Å². The number of hydrogen-bond acceptors (Lipinski definition) is 3. The van der Waals surface area contributed by atoms with Gasteiger partial charge in [0.05, 0.1) is 13.2 Å². The highest BCUT2D eigenvalue weighted by Crippen LogP contribution is 2.22. The van der Waals surface area contributed by atoms with Gasteiger partial charge in [0.1, 0.15) is 12.2 Å². The van der Waals surface area contributed by atoms with E-state index >= 15 is 0 Å². The van der Waals surface area contributed by atoms with Crippen molar-refractivity contribution in [3.8, 4) is 11.8 Å². The number of carbonyl (C=O) groups excluding carboxylic acids is 1. The van der Waals surface area contributed by atoms with E-state index in [-0.39, 0.29) is 12.3 Å². The zero-order chi connectivity index (χ0) is 14.4. The van der Waals surface area contributed by atoms with Gasteiger partial charge in [-0.15, -0.1) is 0 Å². The second kappa shape index (κ2) is 6.79. The Bertz CT molecular complexity index is 504. The minimum Gasteiger partial charge on any atom is -0.496 e. The second-order valence-corrected chi connectivity index (χ2v) is 4.65. The summed E-state index contributed by atoms with van der Waals surface area (Å²) in [6.45, 7) is 4.66. The molecule has 0 fully saturated rings. The molecule has 4 heteroatoms. The third-order valence-corrected chi connectivity index (χ3v) is 3.23. The number of likely N-dealkylation sites (N-methyl/N-ethyl adjacent to an activating group) is 1. The lowest BCUT2D eigenvalue weighted by molar-refractivity contribution is -0.128. The third-order valence-electron chi connectivity index (χ3n) is 3.23. The van der Waals surface area contributed by atoms with Crippen molar-refractivity contribution in [3.63, 3.8) is 0 Å². The van der Waals surface area contributed by atoms with Gasteiger partial charge in [-0.3, -0.25) is 4.79 Å². The van der Waals surface area contributed by atoms with Crippen LogP contribution in [-0.2, 0) is 11.2 Å². The number of benzene rings is 1. The molecular formula is C15H20N2O2. The first-order valence-corrected chi connectivity index (χ1v) is 6.24. The van der Waals surface area contributed by atoms with Crippen molar-refractivity contribution in [3.05, 3.63) is 28.8 Å². The van der Waals surface area contributed by atoms with E-state index in [9.17, 15) is 4.79 Å². The average molecular weight is 260 g/mol. The van der Waals surface area contributed by atoms with Crippen LogP contribution in [0.15, 0.2) is 12.1 Å². The average Bonchev–Trinajstić information content (AvgIpc) is 2.39. The Morgan fingerprint density at radius 3 is 2.63 bits per heavy atom. The van der Waals surface area contributed by atoms with E-state index in [0.717, 1.165) is 23.3 Å². The Morgan fingerprint density at radius 1 is 1.37 bits per heavy atom. The topological polar surface area (TPSA) is 53.3 Å². The quantitative estimate of drug-likeness (QED) is 0.815. The lowest BCUT2D eigenvalue weighted by Gasteiger charge is -2.17. The van der Waals surface area contributed by atoms with E-state index in [4.69, 9.17) is 10.00 Å². The van der Waals surface area contributed by atoms with Gasteiger partial charge in [0.25, 0.3) is 0 Å². The largest absolute Gasteiger partial charge is 0.496 e. The highest BCUT2D eigenvalue weighted by Gasteiger charge is 2.10. The fraction of sp³-hybridized carbons (Fsp3) is 0.467. The molecule has 0 saturated heterocycles. The van der Waals surface area contributed by atoms with E-state index in [1.807, 2.05) is 26.0 Å². The molecule has 0 unspecified atom stereocenters. The number of ether oxygens (including phenoxy) is 1. The molecule has 0 heterocycles. The van der Waals surface area contributed by atoms with Crippen LogP contribution >= 0.6 is 0 Å². The molecule has 102 valence electrons. The molecule has 0 aliphatic rings. The van der Waals surface area contributed by atoms with Gasteiger partial charge >= 0.3 is 0 Å². The molecule has 0 radical (unpaired) electrons. The molecular weight excluding hydrogens is 240 g/mol. The molecule has 0 aliphatic carbocycles. The zero-order valence-electron chi connectivity index (χ0n) is 12.0. The fourth-order valence-electron chi connectivity index (χ4n) is 1.95. The van der Waals surface area contributed by atoms with E-state index in [0.29, 0.717) is 6.54 Å². The van der Waals surface area contributed by atoms with Crippen LogP contribution in [0, 0.1) is 25.2 Å². The SMILES string of the molecule is COc1cc(C)c(CCN(C)C(=O)CC#N)cc1C. The highest BCUT2D eigenvalue weighted by molar-refractivity contribution is 5.77. The molecule has 0 aromatic heterocycles. The van der Waals surface area contributed by atoms with Gasteiger partial charge in [-0.25, -0.2) is 0 Å². The number of carbonyl (C=O) groups is 1. The fourth-order valence-corrected chi connectivity index (χ4v) is 1.95. The molecule has 0 saturated carbocycles. The van der Waals surface area contributed by atoms with E-state index in [2.05, 4.69) is 6.07 Å². The standard InChI is InChI=1S/C15H20N2O2/c1-11-10-14(19-4)12(2)9-13(11)6-8-17(3)15(18)5-7-16/h9-10H,5-6,8H2,1-4H3. The van der Waals surface area contributed by atoms with Gasteiger partial charge in [-0.1, -0.05) is 6.07 Å². The molecule has 4 nitrogen and oxygen atoms in total. The number of nitrogens with zero attached hydrogens (tertiary/aromatic N) is 2. The van der Waals surface area contributed by atoms with Crippen LogP contribution in [0.5, 0.6) is 5.75 Å². The third kappa shape index (κ3) is 3.99. The Balaban J connectivity index is 2.71. The summed E-state index contributed by atoms with van der Waals surface area (Å²) in [6.07, 6.45) is 0.724. The first kappa shape index (κ1) is 15.0. The maximum absolute atomic E-state index is 11.5. The molecule has 1 rings (SSSR count). The second-order valence-electron chi connectivity index (χ2n) is 4.65. The van der Waals surface area contributed by atoms with Crippen LogP contribution in [0.2, 0.25) is 0 Å². The summed E-state index contributed by atoms with van der Waals surface area (Å²) in [4.78, 5) is 13.1. The predicted octanol–water partition coefficient (Wildman–Crippen LogP) is 2.23. The van der Waals surface area contributed by atoms with Crippen LogP contribution in [-0.4, -0.2) is 31.5 Å². The molecule has 1 aromatic rings. The Labute approximate surface area is 114 Å². The van der Waals surface area contributed by atoms with Crippen LogP contribution in [0.1, 0.15) is 23.1 Å². The normalized spacial score (nSPS) is 9.84. The summed E-state index contributed by atoms with van der Waals surface area (Å²) < 4.78 is 5.28. The summed E-state index contributed by atoms with van der Waals surface area (Å²) in [7, 11) is 3.39. The van der Waals surface area contributed by atoms with Crippen LogP contribution < -0.4 is 4.74 Å². The van der Waals surface area contributed by atoms with Crippen molar-refractivity contribution in [2.45, 2.75) is 26.7 Å². The molecule has 1 amide bonds. The number of hydrogen-bond donors (Lipinski definition) is 0. The molecule has 1 aromatic carbocycles. The highest BCUT2D eigenvalue weighted by atomic mass is 16.5. The zero-order valence-corrected chi connectivity index (χ0v) is 12.0. The molecule has 0 N–H and O–H groups in total. The summed E-state index contributed by atoms with van der Waals surface area (Å²) in [5.74, 6) is 0.751. The Morgan fingerprint density at radius 2 is 2.05 bits per heavy atom. The first-order chi connectivity index (χ1) is 8.99. The summed E-state index contributed by atoms with van der Waals surface area (Å²) in [5.41, 5.74) is 3.45. The molecule has 0 spiro atoms. The van der Waals surface area contributed by atoms with Crippen LogP contribution in [0.4, 0.5) is 0 Å². The minimum absolute atomic E-state index is 0.0584. The van der Waals surface area contributed by atoms with Gasteiger partial charge in [0.2, 0.25) is 5.91 Å². The van der Waals surface area contributed by atoms with Crippen molar-refractivity contribution in [2.75, 3.05) is 20.7 Å².